The second-order valence-electron chi connectivity index (χ2n) is 3.94. The maximum Gasteiger partial charge on any atom is 0.320 e. The second-order valence-corrected chi connectivity index (χ2v) is 3.94. The number of carboxylic acids is 1. The number of hydrogen-bond donors (Lipinski definition) is 2. The van der Waals surface area contributed by atoms with Gasteiger partial charge >= 0.3 is 5.97 Å². The van der Waals surface area contributed by atoms with Gasteiger partial charge in [0.1, 0.15) is 6.04 Å². The predicted octanol–water partition coefficient (Wildman–Crippen LogP) is 1.01. The van der Waals surface area contributed by atoms with E-state index in [2.05, 4.69) is 6.92 Å². The maximum atomic E-state index is 10.9. The first-order valence-corrected chi connectivity index (χ1v) is 5.41. The summed E-state index contributed by atoms with van der Waals surface area (Å²) in [5.74, 6) is -0.727. The Morgan fingerprint density at radius 2 is 2.43 bits per heavy atom. The molecule has 1 heterocycles. The maximum absolute atomic E-state index is 10.9. The molecule has 3 N–H and O–H groups in total. The van der Waals surface area contributed by atoms with Crippen molar-refractivity contribution in [1.82, 2.24) is 4.90 Å². The zero-order valence-corrected chi connectivity index (χ0v) is 8.78. The summed E-state index contributed by atoms with van der Waals surface area (Å²) in [6.07, 6.45) is 4.72. The molecule has 1 rings (SSSR count). The van der Waals surface area contributed by atoms with Crippen LogP contribution in [0.4, 0.5) is 0 Å². The van der Waals surface area contributed by atoms with Crippen LogP contribution in [0.2, 0.25) is 0 Å². The number of likely N-dealkylation sites (tertiary alicyclic amines) is 1. The standard InChI is InChI=1S/C10H20N2O2/c1-2-3-6-9(11)12-7-4-5-8(12)10(13)14/h8-9H,2-7,11H2,1H3,(H,13,14). The average Bonchev–Trinajstić information content (AvgIpc) is 2.62. The van der Waals surface area contributed by atoms with Crippen molar-refractivity contribution >= 4 is 5.97 Å². The topological polar surface area (TPSA) is 66.6 Å². The lowest BCUT2D eigenvalue weighted by molar-refractivity contribution is -0.143. The number of carbonyl (C=O) groups is 1. The van der Waals surface area contributed by atoms with Crippen LogP contribution in [-0.2, 0) is 4.79 Å². The van der Waals surface area contributed by atoms with Gasteiger partial charge in [0.25, 0.3) is 0 Å². The number of carboxylic acid groups (broad SMARTS) is 1. The number of rotatable bonds is 5. The first-order valence-electron chi connectivity index (χ1n) is 5.41. The third-order valence-electron chi connectivity index (χ3n) is 2.86. The zero-order valence-electron chi connectivity index (χ0n) is 8.78. The van der Waals surface area contributed by atoms with Gasteiger partial charge in [0.05, 0.1) is 6.17 Å². The summed E-state index contributed by atoms with van der Waals surface area (Å²) in [6.45, 7) is 2.95. The lowest BCUT2D eigenvalue weighted by atomic mass is 10.1. The van der Waals surface area contributed by atoms with E-state index in [0.717, 1.165) is 38.6 Å². The Balaban J connectivity index is 2.44. The van der Waals surface area contributed by atoms with E-state index in [1.54, 1.807) is 0 Å². The number of nitrogens with two attached hydrogens (primary N) is 1. The van der Waals surface area contributed by atoms with Gasteiger partial charge in [-0.1, -0.05) is 19.8 Å². The molecule has 2 atom stereocenters. The molecule has 1 saturated heterocycles. The summed E-state index contributed by atoms with van der Waals surface area (Å²) >= 11 is 0. The Morgan fingerprint density at radius 1 is 1.71 bits per heavy atom. The first-order chi connectivity index (χ1) is 6.66. The van der Waals surface area contributed by atoms with Crippen LogP contribution in [0.5, 0.6) is 0 Å². The number of nitrogens with zero attached hydrogens (tertiary/aromatic N) is 1. The van der Waals surface area contributed by atoms with Gasteiger partial charge in [0.2, 0.25) is 0 Å². The van der Waals surface area contributed by atoms with Crippen molar-refractivity contribution in [2.75, 3.05) is 6.54 Å². The quantitative estimate of drug-likeness (QED) is 0.695. The average molecular weight is 200 g/mol. The fourth-order valence-corrected chi connectivity index (χ4v) is 2.03. The number of unbranched alkanes of at least 4 members (excludes halogenated alkanes) is 1. The number of aliphatic carboxylic acids is 1. The highest BCUT2D eigenvalue weighted by molar-refractivity contribution is 5.73. The summed E-state index contributed by atoms with van der Waals surface area (Å²) in [5, 5.41) is 8.96. The molecule has 2 unspecified atom stereocenters. The largest absolute Gasteiger partial charge is 0.480 e. The molecule has 0 aromatic rings. The van der Waals surface area contributed by atoms with E-state index in [1.165, 1.54) is 0 Å². The Morgan fingerprint density at radius 3 is 3.00 bits per heavy atom. The van der Waals surface area contributed by atoms with Crippen LogP contribution >= 0.6 is 0 Å². The molecule has 0 aromatic carbocycles. The molecule has 0 bridgehead atoms. The van der Waals surface area contributed by atoms with Crippen molar-refractivity contribution < 1.29 is 9.90 Å². The zero-order chi connectivity index (χ0) is 10.6. The molecule has 0 aromatic heterocycles. The minimum Gasteiger partial charge on any atom is -0.480 e. The summed E-state index contributed by atoms with van der Waals surface area (Å²) in [6, 6.07) is -0.346. The highest BCUT2D eigenvalue weighted by Gasteiger charge is 2.33. The van der Waals surface area contributed by atoms with E-state index in [9.17, 15) is 4.79 Å². The highest BCUT2D eigenvalue weighted by Crippen LogP contribution is 2.20. The molecule has 0 radical (unpaired) electrons. The van der Waals surface area contributed by atoms with E-state index in [0.29, 0.717) is 0 Å². The smallest absolute Gasteiger partial charge is 0.320 e. The monoisotopic (exact) mass is 200 g/mol. The van der Waals surface area contributed by atoms with Gasteiger partial charge in [-0.2, -0.15) is 0 Å². The van der Waals surface area contributed by atoms with Gasteiger partial charge < -0.3 is 10.8 Å². The van der Waals surface area contributed by atoms with Crippen molar-refractivity contribution in [1.29, 1.82) is 0 Å². The van der Waals surface area contributed by atoms with Crippen LogP contribution in [0.15, 0.2) is 0 Å². The lowest BCUT2D eigenvalue weighted by Crippen LogP contribution is -2.47. The fraction of sp³-hybridized carbons (Fsp3) is 0.900. The minimum absolute atomic E-state index is 0.0708. The van der Waals surface area contributed by atoms with Gasteiger partial charge in [0.15, 0.2) is 0 Å². The summed E-state index contributed by atoms with van der Waals surface area (Å²) in [5.41, 5.74) is 5.96. The lowest BCUT2D eigenvalue weighted by Gasteiger charge is -2.27. The molecular formula is C10H20N2O2. The van der Waals surface area contributed by atoms with E-state index in [-0.39, 0.29) is 12.2 Å². The van der Waals surface area contributed by atoms with Gasteiger partial charge in [0, 0.05) is 6.54 Å². The van der Waals surface area contributed by atoms with Crippen LogP contribution in [0.25, 0.3) is 0 Å². The molecule has 14 heavy (non-hydrogen) atoms. The van der Waals surface area contributed by atoms with Crippen molar-refractivity contribution in [3.8, 4) is 0 Å². The van der Waals surface area contributed by atoms with Gasteiger partial charge in [-0.15, -0.1) is 0 Å². The van der Waals surface area contributed by atoms with E-state index < -0.39 is 5.97 Å². The summed E-state index contributed by atoms with van der Waals surface area (Å²) in [4.78, 5) is 12.8. The Hall–Kier alpha value is -0.610. The van der Waals surface area contributed by atoms with Crippen LogP contribution < -0.4 is 5.73 Å². The Bertz CT molecular complexity index is 197. The summed E-state index contributed by atoms with van der Waals surface area (Å²) in [7, 11) is 0. The van der Waals surface area contributed by atoms with Crippen molar-refractivity contribution in [3.05, 3.63) is 0 Å². The van der Waals surface area contributed by atoms with Crippen LogP contribution in [0.3, 0.4) is 0 Å². The second kappa shape index (κ2) is 5.32. The van der Waals surface area contributed by atoms with Crippen LogP contribution in [-0.4, -0.2) is 34.7 Å². The Labute approximate surface area is 85.1 Å². The van der Waals surface area contributed by atoms with E-state index in [4.69, 9.17) is 10.8 Å². The molecule has 82 valence electrons. The third kappa shape index (κ3) is 2.69. The molecule has 1 aliphatic heterocycles. The predicted molar refractivity (Wildman–Crippen MR) is 54.9 cm³/mol. The van der Waals surface area contributed by atoms with Gasteiger partial charge in [-0.3, -0.25) is 9.69 Å². The molecule has 0 aliphatic carbocycles. The minimum atomic E-state index is -0.727. The molecular weight excluding hydrogens is 180 g/mol. The van der Waals surface area contributed by atoms with Gasteiger partial charge in [-0.25, -0.2) is 0 Å². The molecule has 1 aliphatic rings. The molecule has 0 amide bonds. The Kier molecular flexibility index (Phi) is 4.35. The van der Waals surface area contributed by atoms with Crippen LogP contribution in [0, 0.1) is 0 Å². The summed E-state index contributed by atoms with van der Waals surface area (Å²) < 4.78 is 0. The van der Waals surface area contributed by atoms with Crippen molar-refractivity contribution in [3.63, 3.8) is 0 Å². The number of hydrogen-bond acceptors (Lipinski definition) is 3. The first kappa shape index (κ1) is 11.5. The van der Waals surface area contributed by atoms with Crippen LogP contribution in [0.1, 0.15) is 39.0 Å². The third-order valence-corrected chi connectivity index (χ3v) is 2.86. The molecule has 0 spiro atoms. The van der Waals surface area contributed by atoms with E-state index >= 15 is 0 Å². The highest BCUT2D eigenvalue weighted by atomic mass is 16.4. The SMILES string of the molecule is CCCCC(N)N1CCCC1C(=O)O. The normalized spacial score (nSPS) is 25.1. The molecule has 0 saturated carbocycles. The van der Waals surface area contributed by atoms with Crippen molar-refractivity contribution in [2.24, 2.45) is 5.73 Å². The molecule has 4 heteroatoms. The molecule has 1 fully saturated rings. The fourth-order valence-electron chi connectivity index (χ4n) is 2.03. The van der Waals surface area contributed by atoms with Gasteiger partial charge in [-0.05, 0) is 19.3 Å². The van der Waals surface area contributed by atoms with Crippen molar-refractivity contribution in [2.45, 2.75) is 51.2 Å². The van der Waals surface area contributed by atoms with E-state index in [1.807, 2.05) is 4.90 Å². The molecule has 4 nitrogen and oxygen atoms in total.